The average Bonchev–Trinajstić information content (AvgIpc) is 2.83. The molecule has 0 saturated carbocycles. The van der Waals surface area contributed by atoms with Gasteiger partial charge >= 0.3 is 0 Å². The number of benzene rings is 1. The fourth-order valence-electron chi connectivity index (χ4n) is 1.91. The van der Waals surface area contributed by atoms with E-state index in [4.69, 9.17) is 10.5 Å². The highest BCUT2D eigenvalue weighted by atomic mass is 32.1. The molecule has 2 rings (SSSR count). The van der Waals surface area contributed by atoms with Crippen molar-refractivity contribution in [3.05, 3.63) is 45.9 Å². The third-order valence-corrected chi connectivity index (χ3v) is 4.09. The average molecular weight is 262 g/mol. The van der Waals surface area contributed by atoms with Crippen molar-refractivity contribution >= 4 is 11.3 Å². The maximum absolute atomic E-state index is 6.19. The summed E-state index contributed by atoms with van der Waals surface area (Å²) in [6, 6.07) is 8.23. The van der Waals surface area contributed by atoms with E-state index in [1.54, 1.807) is 18.4 Å². The lowest BCUT2D eigenvalue weighted by molar-refractivity contribution is 0.414. The number of hydrogen-bond donors (Lipinski definition) is 1. The molecular formula is C14H18N2OS. The van der Waals surface area contributed by atoms with E-state index < -0.39 is 0 Å². The van der Waals surface area contributed by atoms with Crippen molar-refractivity contribution in [2.75, 3.05) is 7.11 Å². The van der Waals surface area contributed by atoms with Gasteiger partial charge in [0.25, 0.3) is 0 Å². The van der Waals surface area contributed by atoms with Crippen LogP contribution < -0.4 is 10.5 Å². The fourth-order valence-corrected chi connectivity index (χ4v) is 2.75. The monoisotopic (exact) mass is 262 g/mol. The predicted molar refractivity (Wildman–Crippen MR) is 75.1 cm³/mol. The molecule has 0 aliphatic rings. The molecule has 18 heavy (non-hydrogen) atoms. The van der Waals surface area contributed by atoms with E-state index >= 15 is 0 Å². The molecule has 2 N–H and O–H groups in total. The van der Waals surface area contributed by atoms with Crippen LogP contribution in [0.3, 0.4) is 0 Å². The first-order valence-corrected chi connectivity index (χ1v) is 6.87. The van der Waals surface area contributed by atoms with Crippen molar-refractivity contribution in [3.8, 4) is 5.75 Å². The number of aromatic nitrogens is 1. The van der Waals surface area contributed by atoms with Crippen LogP contribution in [0, 0.1) is 6.92 Å². The normalized spacial score (nSPS) is 12.4. The number of methoxy groups -OCH3 is 1. The first kappa shape index (κ1) is 13.1. The molecular weight excluding hydrogens is 244 g/mol. The molecule has 0 spiro atoms. The van der Waals surface area contributed by atoms with Gasteiger partial charge in [-0.05, 0) is 37.5 Å². The van der Waals surface area contributed by atoms with Crippen molar-refractivity contribution in [3.63, 3.8) is 0 Å². The molecule has 96 valence electrons. The van der Waals surface area contributed by atoms with E-state index in [0.29, 0.717) is 0 Å². The number of nitrogens with zero attached hydrogens (tertiary/aromatic N) is 1. The van der Waals surface area contributed by atoms with E-state index in [1.165, 1.54) is 10.4 Å². The summed E-state index contributed by atoms with van der Waals surface area (Å²) in [6.45, 7) is 2.01. The zero-order chi connectivity index (χ0) is 13.0. The number of ether oxygens (including phenoxy) is 1. The summed E-state index contributed by atoms with van der Waals surface area (Å²) >= 11 is 1.64. The quantitative estimate of drug-likeness (QED) is 0.900. The minimum Gasteiger partial charge on any atom is -0.497 e. The fraction of sp³-hybridized carbons (Fsp3) is 0.357. The van der Waals surface area contributed by atoms with Crippen molar-refractivity contribution in [2.45, 2.75) is 25.8 Å². The van der Waals surface area contributed by atoms with Gasteiger partial charge in [-0.15, -0.1) is 11.3 Å². The van der Waals surface area contributed by atoms with E-state index in [1.807, 2.05) is 24.6 Å². The van der Waals surface area contributed by atoms with Gasteiger partial charge in [-0.3, -0.25) is 0 Å². The largest absolute Gasteiger partial charge is 0.497 e. The number of rotatable bonds is 5. The van der Waals surface area contributed by atoms with Gasteiger partial charge in [0.05, 0.1) is 18.3 Å². The third kappa shape index (κ3) is 3.09. The number of nitrogens with two attached hydrogens (primary N) is 1. The molecule has 2 aromatic rings. The molecule has 3 nitrogen and oxygen atoms in total. The topological polar surface area (TPSA) is 48.1 Å². The highest BCUT2D eigenvalue weighted by Gasteiger charge is 2.11. The Hall–Kier alpha value is -1.39. The molecule has 1 unspecified atom stereocenters. The van der Waals surface area contributed by atoms with Gasteiger partial charge in [0, 0.05) is 10.9 Å². The maximum Gasteiger partial charge on any atom is 0.118 e. The molecule has 1 aromatic heterocycles. The first-order valence-electron chi connectivity index (χ1n) is 5.99. The van der Waals surface area contributed by atoms with Gasteiger partial charge in [0.1, 0.15) is 5.75 Å². The highest BCUT2D eigenvalue weighted by Crippen LogP contribution is 2.24. The Morgan fingerprint density at radius 2 is 2.06 bits per heavy atom. The van der Waals surface area contributed by atoms with Crippen LogP contribution in [0.4, 0.5) is 0 Å². The molecule has 1 heterocycles. The summed E-state index contributed by atoms with van der Waals surface area (Å²) in [5, 5.41) is 0. The van der Waals surface area contributed by atoms with Crippen LogP contribution >= 0.6 is 11.3 Å². The summed E-state index contributed by atoms with van der Waals surface area (Å²) < 4.78 is 5.14. The molecule has 0 bridgehead atoms. The van der Waals surface area contributed by atoms with Crippen LogP contribution in [0.1, 0.15) is 28.6 Å². The molecule has 1 atom stereocenters. The zero-order valence-electron chi connectivity index (χ0n) is 10.7. The first-order chi connectivity index (χ1) is 8.70. The SMILES string of the molecule is COc1ccc(CCC(N)c2scnc2C)cc1. The third-order valence-electron chi connectivity index (χ3n) is 3.02. The van der Waals surface area contributed by atoms with Gasteiger partial charge in [0.2, 0.25) is 0 Å². The Balaban J connectivity index is 1.93. The summed E-state index contributed by atoms with van der Waals surface area (Å²) in [4.78, 5) is 5.44. The molecule has 0 aliphatic heterocycles. The molecule has 0 aliphatic carbocycles. The van der Waals surface area contributed by atoms with E-state index in [0.717, 1.165) is 24.3 Å². The lowest BCUT2D eigenvalue weighted by Crippen LogP contribution is -2.11. The Bertz CT molecular complexity index is 493. The Labute approximate surface area is 112 Å². The lowest BCUT2D eigenvalue weighted by Gasteiger charge is -2.10. The van der Waals surface area contributed by atoms with Crippen molar-refractivity contribution in [1.29, 1.82) is 0 Å². The standard InChI is InChI=1S/C14H18N2OS/c1-10-14(18-9-16-10)13(15)8-5-11-3-6-12(17-2)7-4-11/h3-4,6-7,9,13H,5,8,15H2,1-2H3. The van der Waals surface area contributed by atoms with Gasteiger partial charge < -0.3 is 10.5 Å². The smallest absolute Gasteiger partial charge is 0.118 e. The van der Waals surface area contributed by atoms with Crippen LogP contribution in [0.25, 0.3) is 0 Å². The second-order valence-electron chi connectivity index (χ2n) is 4.30. The molecule has 0 amide bonds. The number of aryl methyl sites for hydroxylation is 2. The van der Waals surface area contributed by atoms with Gasteiger partial charge in [-0.2, -0.15) is 0 Å². The summed E-state index contributed by atoms with van der Waals surface area (Å²) in [7, 11) is 1.68. The summed E-state index contributed by atoms with van der Waals surface area (Å²) in [5.74, 6) is 0.890. The Kier molecular flexibility index (Phi) is 4.33. The van der Waals surface area contributed by atoms with Crippen molar-refractivity contribution < 1.29 is 4.74 Å². The minimum absolute atomic E-state index is 0.0830. The summed E-state index contributed by atoms with van der Waals surface area (Å²) in [5.41, 5.74) is 10.4. The van der Waals surface area contributed by atoms with Crippen LogP contribution in [-0.4, -0.2) is 12.1 Å². The highest BCUT2D eigenvalue weighted by molar-refractivity contribution is 7.09. The predicted octanol–water partition coefficient (Wildman–Crippen LogP) is 3.09. The van der Waals surface area contributed by atoms with Crippen LogP contribution in [0.15, 0.2) is 29.8 Å². The molecule has 0 fully saturated rings. The van der Waals surface area contributed by atoms with Crippen molar-refractivity contribution in [2.24, 2.45) is 5.73 Å². The second kappa shape index (κ2) is 5.98. The van der Waals surface area contributed by atoms with Crippen LogP contribution in [0.5, 0.6) is 5.75 Å². The zero-order valence-corrected chi connectivity index (χ0v) is 11.5. The molecule has 4 heteroatoms. The van der Waals surface area contributed by atoms with Crippen LogP contribution in [-0.2, 0) is 6.42 Å². The van der Waals surface area contributed by atoms with Gasteiger partial charge in [0.15, 0.2) is 0 Å². The number of hydrogen-bond acceptors (Lipinski definition) is 4. The molecule has 0 saturated heterocycles. The van der Waals surface area contributed by atoms with E-state index in [9.17, 15) is 0 Å². The second-order valence-corrected chi connectivity index (χ2v) is 5.18. The van der Waals surface area contributed by atoms with Crippen molar-refractivity contribution in [1.82, 2.24) is 4.98 Å². The van der Waals surface area contributed by atoms with Gasteiger partial charge in [-0.25, -0.2) is 4.98 Å². The van der Waals surface area contributed by atoms with Crippen LogP contribution in [0.2, 0.25) is 0 Å². The lowest BCUT2D eigenvalue weighted by atomic mass is 10.0. The van der Waals surface area contributed by atoms with E-state index in [2.05, 4.69) is 17.1 Å². The van der Waals surface area contributed by atoms with E-state index in [-0.39, 0.29) is 6.04 Å². The maximum atomic E-state index is 6.19. The minimum atomic E-state index is 0.0830. The Morgan fingerprint density at radius 3 is 2.61 bits per heavy atom. The molecule has 1 aromatic carbocycles. The molecule has 0 radical (unpaired) electrons. The Morgan fingerprint density at radius 1 is 1.33 bits per heavy atom. The van der Waals surface area contributed by atoms with Gasteiger partial charge in [-0.1, -0.05) is 12.1 Å². The number of thiazole rings is 1. The summed E-state index contributed by atoms with van der Waals surface area (Å²) in [6.07, 6.45) is 1.91.